The SMILES string of the molecule is CCCCc1cccc2[nH][c]nc12. The molecule has 1 radical (unpaired) electrons. The normalized spacial score (nSPS) is 10.8. The number of nitrogens with zero attached hydrogens (tertiary/aromatic N) is 1. The monoisotopic (exact) mass is 173 g/mol. The summed E-state index contributed by atoms with van der Waals surface area (Å²) in [7, 11) is 0. The van der Waals surface area contributed by atoms with Gasteiger partial charge in [-0.3, -0.25) is 0 Å². The van der Waals surface area contributed by atoms with Gasteiger partial charge in [-0.15, -0.1) is 0 Å². The van der Waals surface area contributed by atoms with E-state index in [-0.39, 0.29) is 0 Å². The molecule has 0 spiro atoms. The number of unbranched alkanes of at least 4 members (excludes halogenated alkanes) is 1. The molecule has 2 rings (SSSR count). The summed E-state index contributed by atoms with van der Waals surface area (Å²) in [4.78, 5) is 7.19. The van der Waals surface area contributed by atoms with Crippen LogP contribution in [0, 0.1) is 6.33 Å². The third kappa shape index (κ3) is 1.57. The first-order valence-electron chi connectivity index (χ1n) is 4.75. The molecule has 1 N–H and O–H groups in total. The van der Waals surface area contributed by atoms with Crippen LogP contribution >= 0.6 is 0 Å². The van der Waals surface area contributed by atoms with Crippen molar-refractivity contribution in [3.63, 3.8) is 0 Å². The van der Waals surface area contributed by atoms with Crippen LogP contribution in [0.5, 0.6) is 0 Å². The number of hydrogen-bond donors (Lipinski definition) is 1. The van der Waals surface area contributed by atoms with Crippen LogP contribution < -0.4 is 0 Å². The molecular formula is C11H13N2. The Morgan fingerprint density at radius 2 is 2.38 bits per heavy atom. The average Bonchev–Trinajstić information content (AvgIpc) is 2.62. The van der Waals surface area contributed by atoms with Crippen LogP contribution in [0.2, 0.25) is 0 Å². The number of aromatic nitrogens is 2. The van der Waals surface area contributed by atoms with Crippen molar-refractivity contribution in [1.29, 1.82) is 0 Å². The predicted molar refractivity (Wildman–Crippen MR) is 53.5 cm³/mol. The highest BCUT2D eigenvalue weighted by atomic mass is 14.9. The van der Waals surface area contributed by atoms with Crippen LogP contribution in [0.4, 0.5) is 0 Å². The number of aryl methyl sites for hydroxylation is 1. The Morgan fingerprint density at radius 3 is 3.23 bits per heavy atom. The van der Waals surface area contributed by atoms with Crippen molar-refractivity contribution in [2.24, 2.45) is 0 Å². The number of fused-ring (bicyclic) bond motifs is 1. The van der Waals surface area contributed by atoms with Gasteiger partial charge in [0.2, 0.25) is 0 Å². The maximum Gasteiger partial charge on any atom is 0.174 e. The summed E-state index contributed by atoms with van der Waals surface area (Å²) in [5.74, 6) is 0. The number of imidazole rings is 1. The molecule has 67 valence electrons. The molecule has 0 unspecified atom stereocenters. The van der Waals surface area contributed by atoms with E-state index in [1.807, 2.05) is 6.07 Å². The van der Waals surface area contributed by atoms with Gasteiger partial charge in [-0.05, 0) is 24.5 Å². The van der Waals surface area contributed by atoms with E-state index in [0.29, 0.717) is 0 Å². The van der Waals surface area contributed by atoms with Gasteiger partial charge in [0.25, 0.3) is 0 Å². The topological polar surface area (TPSA) is 28.7 Å². The van der Waals surface area contributed by atoms with Crippen molar-refractivity contribution in [2.45, 2.75) is 26.2 Å². The van der Waals surface area contributed by atoms with E-state index in [9.17, 15) is 0 Å². The molecule has 0 saturated heterocycles. The maximum atomic E-state index is 4.19. The molecule has 0 aliphatic carbocycles. The minimum Gasteiger partial charge on any atom is -0.335 e. The molecule has 0 aliphatic heterocycles. The van der Waals surface area contributed by atoms with Crippen molar-refractivity contribution in [1.82, 2.24) is 9.97 Å². The first kappa shape index (κ1) is 8.30. The molecule has 2 aromatic rings. The zero-order valence-corrected chi connectivity index (χ0v) is 7.80. The van der Waals surface area contributed by atoms with Crippen LogP contribution in [-0.2, 0) is 6.42 Å². The lowest BCUT2D eigenvalue weighted by Gasteiger charge is -1.99. The molecule has 0 bridgehead atoms. The largest absolute Gasteiger partial charge is 0.335 e. The molecule has 0 aliphatic rings. The number of aromatic amines is 1. The molecule has 1 aromatic heterocycles. The lowest BCUT2D eigenvalue weighted by Crippen LogP contribution is -1.86. The van der Waals surface area contributed by atoms with E-state index in [1.54, 1.807) is 0 Å². The number of para-hydroxylation sites is 1. The minimum atomic E-state index is 1.08. The highest BCUT2D eigenvalue weighted by molar-refractivity contribution is 5.77. The third-order valence-electron chi connectivity index (χ3n) is 2.28. The number of H-pyrrole nitrogens is 1. The van der Waals surface area contributed by atoms with Crippen molar-refractivity contribution < 1.29 is 0 Å². The Balaban J connectivity index is 2.37. The first-order chi connectivity index (χ1) is 6.42. The lowest BCUT2D eigenvalue weighted by molar-refractivity contribution is 0.798. The summed E-state index contributed by atoms with van der Waals surface area (Å²) < 4.78 is 0. The van der Waals surface area contributed by atoms with E-state index >= 15 is 0 Å². The summed E-state index contributed by atoms with van der Waals surface area (Å²) in [6, 6.07) is 6.25. The highest BCUT2D eigenvalue weighted by Crippen LogP contribution is 2.16. The maximum absolute atomic E-state index is 4.19. The lowest BCUT2D eigenvalue weighted by atomic mass is 10.1. The van der Waals surface area contributed by atoms with Gasteiger partial charge >= 0.3 is 0 Å². The number of nitrogens with one attached hydrogen (secondary N) is 1. The summed E-state index contributed by atoms with van der Waals surface area (Å²) in [6.07, 6.45) is 6.35. The molecule has 1 aromatic carbocycles. The van der Waals surface area contributed by atoms with Gasteiger partial charge in [0.05, 0.1) is 11.0 Å². The molecule has 2 nitrogen and oxygen atoms in total. The van der Waals surface area contributed by atoms with Gasteiger partial charge in [0.1, 0.15) is 0 Å². The van der Waals surface area contributed by atoms with Crippen molar-refractivity contribution in [3.05, 3.63) is 30.1 Å². The van der Waals surface area contributed by atoms with E-state index in [4.69, 9.17) is 0 Å². The summed E-state index contributed by atoms with van der Waals surface area (Å²) in [5, 5.41) is 0. The van der Waals surface area contributed by atoms with Gasteiger partial charge in [-0.25, -0.2) is 4.98 Å². The summed E-state index contributed by atoms with van der Waals surface area (Å²) in [5.41, 5.74) is 3.50. The number of hydrogen-bond acceptors (Lipinski definition) is 1. The summed E-state index contributed by atoms with van der Waals surface area (Å²) in [6.45, 7) is 2.21. The molecule has 1 heterocycles. The Morgan fingerprint density at radius 1 is 1.46 bits per heavy atom. The predicted octanol–water partition coefficient (Wildman–Crippen LogP) is 2.71. The van der Waals surface area contributed by atoms with Crippen LogP contribution in [0.25, 0.3) is 11.0 Å². The minimum absolute atomic E-state index is 1.08. The molecular weight excluding hydrogens is 160 g/mol. The second kappa shape index (κ2) is 3.60. The van der Waals surface area contributed by atoms with Crippen LogP contribution in [0.3, 0.4) is 0 Å². The Hall–Kier alpha value is -1.31. The van der Waals surface area contributed by atoms with E-state index in [0.717, 1.165) is 17.5 Å². The van der Waals surface area contributed by atoms with Crippen LogP contribution in [0.15, 0.2) is 18.2 Å². The second-order valence-electron chi connectivity index (χ2n) is 3.27. The van der Waals surface area contributed by atoms with Gasteiger partial charge < -0.3 is 4.98 Å². The average molecular weight is 173 g/mol. The van der Waals surface area contributed by atoms with Gasteiger partial charge in [0, 0.05) is 0 Å². The number of benzene rings is 1. The number of rotatable bonds is 3. The third-order valence-corrected chi connectivity index (χ3v) is 2.28. The molecule has 13 heavy (non-hydrogen) atoms. The fraction of sp³-hybridized carbons (Fsp3) is 0.364. The van der Waals surface area contributed by atoms with Crippen molar-refractivity contribution in [2.75, 3.05) is 0 Å². The smallest absolute Gasteiger partial charge is 0.174 e. The fourth-order valence-electron chi connectivity index (χ4n) is 1.54. The Kier molecular flexibility index (Phi) is 2.30. The second-order valence-corrected chi connectivity index (χ2v) is 3.27. The van der Waals surface area contributed by atoms with E-state index in [2.05, 4.69) is 35.4 Å². The van der Waals surface area contributed by atoms with E-state index in [1.165, 1.54) is 18.4 Å². The zero-order valence-electron chi connectivity index (χ0n) is 7.80. The molecule has 0 atom stereocenters. The zero-order chi connectivity index (χ0) is 9.10. The fourth-order valence-corrected chi connectivity index (χ4v) is 1.54. The van der Waals surface area contributed by atoms with E-state index < -0.39 is 0 Å². The standard InChI is InChI=1S/C11H13N2/c1-2-3-5-9-6-4-7-10-11(9)13-8-12-10/h4,6-7H,2-3,5H2,1H3,(H,12,13). The van der Waals surface area contributed by atoms with Crippen LogP contribution in [0.1, 0.15) is 25.3 Å². The van der Waals surface area contributed by atoms with Crippen molar-refractivity contribution >= 4 is 11.0 Å². The molecule has 2 heteroatoms. The Bertz CT molecular complexity index is 390. The Labute approximate surface area is 78.0 Å². The molecule has 0 fully saturated rings. The van der Waals surface area contributed by atoms with Crippen LogP contribution in [-0.4, -0.2) is 9.97 Å². The summed E-state index contributed by atoms with van der Waals surface area (Å²) >= 11 is 0. The van der Waals surface area contributed by atoms with Gasteiger partial charge in [-0.2, -0.15) is 0 Å². The van der Waals surface area contributed by atoms with Gasteiger partial charge in [-0.1, -0.05) is 25.5 Å². The van der Waals surface area contributed by atoms with Gasteiger partial charge in [0.15, 0.2) is 6.33 Å². The highest BCUT2D eigenvalue weighted by Gasteiger charge is 2.01. The quantitative estimate of drug-likeness (QED) is 0.759. The molecule has 0 amide bonds. The van der Waals surface area contributed by atoms with Crippen molar-refractivity contribution in [3.8, 4) is 0 Å². The first-order valence-corrected chi connectivity index (χ1v) is 4.75. The molecule has 0 saturated carbocycles.